The summed E-state index contributed by atoms with van der Waals surface area (Å²) in [5, 5.41) is 0. The Hall–Kier alpha value is -2.09. The Kier molecular flexibility index (Phi) is 7.91. The summed E-state index contributed by atoms with van der Waals surface area (Å²) in [7, 11) is 0. The Morgan fingerprint density at radius 1 is 1.14 bits per heavy atom. The molecule has 0 radical (unpaired) electrons. The Labute approximate surface area is 179 Å². The summed E-state index contributed by atoms with van der Waals surface area (Å²) < 4.78 is 14.2. The largest absolute Gasteiger partial charge is 0.494 e. The van der Waals surface area contributed by atoms with Crippen LogP contribution < -0.4 is 9.54 Å². The van der Waals surface area contributed by atoms with Crippen molar-refractivity contribution in [3.05, 3.63) is 52.8 Å². The number of ether oxygens (including phenoxy) is 2. The molecule has 3 rings (SSSR count). The van der Waals surface area contributed by atoms with Gasteiger partial charge in [-0.2, -0.15) is 4.99 Å². The normalized spacial score (nSPS) is 11.9. The lowest BCUT2D eigenvalue weighted by molar-refractivity contribution is -0.117. The average Bonchev–Trinajstić information content (AvgIpc) is 3.05. The van der Waals surface area contributed by atoms with Crippen LogP contribution in [-0.2, 0) is 22.5 Å². The van der Waals surface area contributed by atoms with Crippen molar-refractivity contribution in [1.29, 1.82) is 0 Å². The number of aromatic nitrogens is 1. The van der Waals surface area contributed by atoms with E-state index in [-0.39, 0.29) is 5.91 Å². The van der Waals surface area contributed by atoms with E-state index in [0.29, 0.717) is 37.6 Å². The van der Waals surface area contributed by atoms with Crippen LogP contribution in [0.25, 0.3) is 10.2 Å². The molecule has 0 N–H and O–H groups in total. The van der Waals surface area contributed by atoms with Gasteiger partial charge in [-0.1, -0.05) is 23.5 Å². The van der Waals surface area contributed by atoms with Gasteiger partial charge in [0.2, 0.25) is 0 Å². The van der Waals surface area contributed by atoms with Crippen LogP contribution in [0.2, 0.25) is 0 Å². The molecule has 3 aromatic rings. The van der Waals surface area contributed by atoms with Crippen LogP contribution in [0.1, 0.15) is 19.4 Å². The molecule has 1 amide bonds. The van der Waals surface area contributed by atoms with Gasteiger partial charge in [0.25, 0.3) is 5.91 Å². The zero-order valence-corrected chi connectivity index (χ0v) is 18.6. The number of thiazole rings is 1. The molecule has 1 aromatic heterocycles. The number of benzene rings is 2. The standard InChI is InChI=1S/C22H26N2O3S2/c1-4-26-13-12-24-19-11-8-17(27-5-2)15-20(19)29-22(24)23-21(25)14-16-6-9-18(28-3)10-7-16/h6-11,15H,4-5,12-14H2,1-3H3. The SMILES string of the molecule is CCOCCn1c(=NC(=O)Cc2ccc(SC)cc2)sc2cc(OCC)ccc21. The fourth-order valence-corrected chi connectivity index (χ4v) is 4.49. The molecule has 0 fully saturated rings. The highest BCUT2D eigenvalue weighted by Gasteiger charge is 2.10. The first-order valence-corrected chi connectivity index (χ1v) is 11.7. The van der Waals surface area contributed by atoms with Crippen LogP contribution in [-0.4, -0.2) is 36.6 Å². The minimum absolute atomic E-state index is 0.149. The van der Waals surface area contributed by atoms with E-state index < -0.39 is 0 Å². The van der Waals surface area contributed by atoms with Crippen molar-refractivity contribution in [2.75, 3.05) is 26.1 Å². The Bertz CT molecular complexity index is 1020. The number of hydrogen-bond acceptors (Lipinski definition) is 5. The number of carbonyl (C=O) groups is 1. The lowest BCUT2D eigenvalue weighted by Gasteiger charge is -2.06. The first kappa shape index (κ1) is 21.6. The van der Waals surface area contributed by atoms with Crippen molar-refractivity contribution in [2.45, 2.75) is 31.7 Å². The molecule has 0 aliphatic heterocycles. The quantitative estimate of drug-likeness (QED) is 0.370. The van der Waals surface area contributed by atoms with E-state index in [0.717, 1.165) is 21.5 Å². The summed E-state index contributed by atoms with van der Waals surface area (Å²) in [6, 6.07) is 14.0. The lowest BCUT2D eigenvalue weighted by Crippen LogP contribution is -2.20. The molecule has 0 unspecified atom stereocenters. The monoisotopic (exact) mass is 430 g/mol. The molecular weight excluding hydrogens is 404 g/mol. The lowest BCUT2D eigenvalue weighted by atomic mass is 10.1. The highest BCUT2D eigenvalue weighted by Crippen LogP contribution is 2.23. The minimum Gasteiger partial charge on any atom is -0.494 e. The number of amides is 1. The van der Waals surface area contributed by atoms with Gasteiger partial charge in [-0.3, -0.25) is 4.79 Å². The van der Waals surface area contributed by atoms with Gasteiger partial charge in [0, 0.05) is 18.0 Å². The predicted molar refractivity (Wildman–Crippen MR) is 120 cm³/mol. The van der Waals surface area contributed by atoms with Crippen molar-refractivity contribution in [1.82, 2.24) is 4.57 Å². The van der Waals surface area contributed by atoms with E-state index in [1.54, 1.807) is 11.8 Å². The van der Waals surface area contributed by atoms with E-state index in [4.69, 9.17) is 9.47 Å². The molecule has 0 atom stereocenters. The number of nitrogens with zero attached hydrogens (tertiary/aromatic N) is 2. The molecule has 0 aliphatic rings. The zero-order chi connectivity index (χ0) is 20.6. The number of carbonyl (C=O) groups excluding carboxylic acids is 1. The van der Waals surface area contributed by atoms with Crippen molar-refractivity contribution in [2.24, 2.45) is 4.99 Å². The summed E-state index contributed by atoms with van der Waals surface area (Å²) in [6.07, 6.45) is 2.33. The molecule has 5 nitrogen and oxygen atoms in total. The van der Waals surface area contributed by atoms with E-state index >= 15 is 0 Å². The van der Waals surface area contributed by atoms with Gasteiger partial charge in [0.1, 0.15) is 5.75 Å². The minimum atomic E-state index is -0.149. The Balaban J connectivity index is 1.91. The van der Waals surface area contributed by atoms with Crippen LogP contribution in [0.4, 0.5) is 0 Å². The van der Waals surface area contributed by atoms with E-state index in [2.05, 4.69) is 9.56 Å². The molecule has 2 aromatic carbocycles. The number of rotatable bonds is 9. The number of thioether (sulfide) groups is 1. The van der Waals surface area contributed by atoms with Crippen LogP contribution in [0, 0.1) is 0 Å². The third kappa shape index (κ3) is 5.72. The van der Waals surface area contributed by atoms with E-state index in [1.165, 1.54) is 16.2 Å². The van der Waals surface area contributed by atoms with E-state index in [1.807, 2.05) is 62.6 Å². The van der Waals surface area contributed by atoms with E-state index in [9.17, 15) is 4.79 Å². The van der Waals surface area contributed by atoms with Crippen LogP contribution in [0.5, 0.6) is 5.75 Å². The summed E-state index contributed by atoms with van der Waals surface area (Å²) in [4.78, 5) is 18.9. The summed E-state index contributed by atoms with van der Waals surface area (Å²) in [6.45, 7) is 6.44. The summed E-state index contributed by atoms with van der Waals surface area (Å²) >= 11 is 3.19. The molecule has 7 heteroatoms. The predicted octanol–water partition coefficient (Wildman–Crippen LogP) is 4.53. The van der Waals surface area contributed by atoms with Crippen LogP contribution >= 0.6 is 23.1 Å². The Morgan fingerprint density at radius 2 is 1.93 bits per heavy atom. The van der Waals surface area contributed by atoms with Crippen molar-refractivity contribution in [3.63, 3.8) is 0 Å². The second kappa shape index (κ2) is 10.6. The number of hydrogen-bond donors (Lipinski definition) is 0. The third-order valence-corrected chi connectivity index (χ3v) is 6.15. The average molecular weight is 431 g/mol. The molecule has 0 spiro atoms. The smallest absolute Gasteiger partial charge is 0.252 e. The fourth-order valence-electron chi connectivity index (χ4n) is 2.98. The summed E-state index contributed by atoms with van der Waals surface area (Å²) in [5.41, 5.74) is 2.01. The molecule has 0 aliphatic carbocycles. The second-order valence-electron chi connectivity index (χ2n) is 6.33. The highest BCUT2D eigenvalue weighted by molar-refractivity contribution is 7.98. The molecule has 0 saturated heterocycles. The maximum Gasteiger partial charge on any atom is 0.252 e. The van der Waals surface area contributed by atoms with Crippen molar-refractivity contribution in [3.8, 4) is 5.75 Å². The second-order valence-corrected chi connectivity index (χ2v) is 8.21. The van der Waals surface area contributed by atoms with Gasteiger partial charge in [0.05, 0.1) is 29.9 Å². The van der Waals surface area contributed by atoms with Gasteiger partial charge < -0.3 is 14.0 Å². The van der Waals surface area contributed by atoms with Gasteiger partial charge in [-0.15, -0.1) is 11.8 Å². The molecule has 154 valence electrons. The zero-order valence-electron chi connectivity index (χ0n) is 17.0. The molecule has 0 bridgehead atoms. The topological polar surface area (TPSA) is 52.8 Å². The van der Waals surface area contributed by atoms with Crippen molar-refractivity contribution >= 4 is 39.2 Å². The number of fused-ring (bicyclic) bond motifs is 1. The molecular formula is C22H26N2O3S2. The molecule has 1 heterocycles. The maximum atomic E-state index is 12.6. The summed E-state index contributed by atoms with van der Waals surface area (Å²) in [5.74, 6) is 0.675. The third-order valence-electron chi connectivity index (χ3n) is 4.36. The van der Waals surface area contributed by atoms with Crippen LogP contribution in [0.3, 0.4) is 0 Å². The molecule has 0 saturated carbocycles. The Morgan fingerprint density at radius 3 is 2.62 bits per heavy atom. The van der Waals surface area contributed by atoms with Gasteiger partial charge in [-0.25, -0.2) is 0 Å². The van der Waals surface area contributed by atoms with Gasteiger partial charge in [0.15, 0.2) is 4.80 Å². The van der Waals surface area contributed by atoms with Gasteiger partial charge in [-0.05, 0) is 56.0 Å². The first-order valence-electron chi connectivity index (χ1n) is 9.69. The maximum absolute atomic E-state index is 12.6. The van der Waals surface area contributed by atoms with Crippen molar-refractivity contribution < 1.29 is 14.3 Å². The van der Waals surface area contributed by atoms with Crippen LogP contribution in [0.15, 0.2) is 52.4 Å². The molecule has 29 heavy (non-hydrogen) atoms. The first-order chi connectivity index (χ1) is 14.1. The highest BCUT2D eigenvalue weighted by atomic mass is 32.2. The van der Waals surface area contributed by atoms with Gasteiger partial charge >= 0.3 is 0 Å². The fraction of sp³-hybridized carbons (Fsp3) is 0.364.